The molecule has 0 bridgehead atoms. The zero-order valence-corrected chi connectivity index (χ0v) is 11.1. The number of sulfonamides is 1. The quantitative estimate of drug-likeness (QED) is 0.877. The van der Waals surface area contributed by atoms with E-state index in [4.69, 9.17) is 5.11 Å². The van der Waals surface area contributed by atoms with E-state index in [9.17, 15) is 17.2 Å². The Kier molecular flexibility index (Phi) is 4.59. The van der Waals surface area contributed by atoms with Gasteiger partial charge in [-0.1, -0.05) is 0 Å². The van der Waals surface area contributed by atoms with Gasteiger partial charge in [0.25, 0.3) is 0 Å². The van der Waals surface area contributed by atoms with Gasteiger partial charge in [0.05, 0.1) is 6.10 Å². The molecule has 8 heteroatoms. The average Bonchev–Trinajstić information content (AvgIpc) is 2.12. The molecule has 0 fully saturated rings. The minimum atomic E-state index is -4.13. The summed E-state index contributed by atoms with van der Waals surface area (Å²) < 4.78 is 51.3. The van der Waals surface area contributed by atoms with Gasteiger partial charge in [-0.25, -0.2) is 21.9 Å². The first kappa shape index (κ1) is 14.5. The number of halogens is 3. The van der Waals surface area contributed by atoms with Crippen LogP contribution in [0, 0.1) is 11.6 Å². The summed E-state index contributed by atoms with van der Waals surface area (Å²) in [5, 5.41) is 8.95. The molecule has 0 heterocycles. The molecule has 96 valence electrons. The van der Waals surface area contributed by atoms with Gasteiger partial charge in [0.2, 0.25) is 10.0 Å². The molecule has 1 rings (SSSR count). The molecular weight excluding hydrogens is 320 g/mol. The molecular formula is C9H10BrF2NO3S. The van der Waals surface area contributed by atoms with Crippen LogP contribution in [0.4, 0.5) is 8.78 Å². The Morgan fingerprint density at radius 2 is 2.06 bits per heavy atom. The van der Waals surface area contributed by atoms with Gasteiger partial charge in [-0.15, -0.1) is 0 Å². The lowest BCUT2D eigenvalue weighted by molar-refractivity contribution is 0.198. The van der Waals surface area contributed by atoms with Crippen molar-refractivity contribution in [2.24, 2.45) is 0 Å². The van der Waals surface area contributed by atoms with Crippen molar-refractivity contribution in [2.75, 3.05) is 6.54 Å². The number of hydrogen-bond donors (Lipinski definition) is 2. The highest BCUT2D eigenvalue weighted by atomic mass is 79.9. The number of aliphatic hydroxyl groups excluding tert-OH is 1. The zero-order valence-electron chi connectivity index (χ0n) is 8.75. The Bertz CT molecular complexity index is 496. The van der Waals surface area contributed by atoms with Gasteiger partial charge in [-0.05, 0) is 28.9 Å². The van der Waals surface area contributed by atoms with Crippen LogP contribution in [-0.4, -0.2) is 26.2 Å². The topological polar surface area (TPSA) is 66.4 Å². The molecule has 1 aromatic rings. The maximum Gasteiger partial charge on any atom is 0.244 e. The lowest BCUT2D eigenvalue weighted by Gasteiger charge is -2.10. The molecule has 17 heavy (non-hydrogen) atoms. The first-order chi connectivity index (χ1) is 7.74. The Hall–Kier alpha value is -0.570. The van der Waals surface area contributed by atoms with Crippen molar-refractivity contribution >= 4 is 26.0 Å². The van der Waals surface area contributed by atoms with Gasteiger partial charge in [-0.2, -0.15) is 0 Å². The van der Waals surface area contributed by atoms with Crippen LogP contribution in [0.3, 0.4) is 0 Å². The van der Waals surface area contributed by atoms with E-state index in [1.165, 1.54) is 6.92 Å². The molecule has 0 saturated carbocycles. The van der Waals surface area contributed by atoms with Gasteiger partial charge < -0.3 is 5.11 Å². The Labute approximate surface area is 106 Å². The van der Waals surface area contributed by atoms with Crippen LogP contribution in [0.2, 0.25) is 0 Å². The Balaban J connectivity index is 3.16. The highest BCUT2D eigenvalue weighted by Gasteiger charge is 2.23. The molecule has 0 unspecified atom stereocenters. The third-order valence-corrected chi connectivity index (χ3v) is 4.19. The van der Waals surface area contributed by atoms with Crippen molar-refractivity contribution < 1.29 is 22.3 Å². The third-order valence-electron chi connectivity index (χ3n) is 1.80. The fraction of sp³-hybridized carbons (Fsp3) is 0.333. The maximum absolute atomic E-state index is 13.4. The first-order valence-electron chi connectivity index (χ1n) is 4.56. The number of hydrogen-bond acceptors (Lipinski definition) is 3. The third kappa shape index (κ3) is 3.70. The van der Waals surface area contributed by atoms with Gasteiger partial charge in [0.1, 0.15) is 16.5 Å². The van der Waals surface area contributed by atoms with Crippen LogP contribution in [0.15, 0.2) is 21.5 Å². The summed E-state index contributed by atoms with van der Waals surface area (Å²) in [7, 11) is -4.13. The average molecular weight is 330 g/mol. The highest BCUT2D eigenvalue weighted by Crippen LogP contribution is 2.25. The number of aliphatic hydroxyl groups is 1. The van der Waals surface area contributed by atoms with E-state index in [1.54, 1.807) is 0 Å². The van der Waals surface area contributed by atoms with E-state index >= 15 is 0 Å². The summed E-state index contributed by atoms with van der Waals surface area (Å²) in [6, 6.07) is 1.32. The van der Waals surface area contributed by atoms with Crippen LogP contribution in [0.1, 0.15) is 6.92 Å². The van der Waals surface area contributed by atoms with Gasteiger partial charge in [0.15, 0.2) is 0 Å². The first-order valence-corrected chi connectivity index (χ1v) is 6.84. The summed E-state index contributed by atoms with van der Waals surface area (Å²) in [5.41, 5.74) is 0. The summed E-state index contributed by atoms with van der Waals surface area (Å²) in [6.07, 6.45) is -0.910. The van der Waals surface area contributed by atoms with Crippen molar-refractivity contribution in [3.8, 4) is 0 Å². The van der Waals surface area contributed by atoms with Crippen LogP contribution < -0.4 is 4.72 Å². The molecule has 1 atom stereocenters. The van der Waals surface area contributed by atoms with Gasteiger partial charge in [0, 0.05) is 17.1 Å². The predicted molar refractivity (Wildman–Crippen MR) is 60.9 cm³/mol. The SMILES string of the molecule is C[C@H](O)CNS(=O)(=O)c1c(F)cc(F)cc1Br. The largest absolute Gasteiger partial charge is 0.392 e. The van der Waals surface area contributed by atoms with E-state index in [-0.39, 0.29) is 11.0 Å². The molecule has 2 N–H and O–H groups in total. The second-order valence-corrected chi connectivity index (χ2v) is 5.96. The lowest BCUT2D eigenvalue weighted by Crippen LogP contribution is -2.31. The standard InChI is InChI=1S/C9H10BrF2NO3S/c1-5(14)4-13-17(15,16)9-7(10)2-6(11)3-8(9)12/h2-3,5,13-14H,4H2,1H3/t5-/m0/s1. The summed E-state index contributed by atoms with van der Waals surface area (Å²) >= 11 is 2.78. The molecule has 0 aliphatic heterocycles. The molecule has 0 aliphatic carbocycles. The van der Waals surface area contributed by atoms with E-state index in [2.05, 4.69) is 15.9 Å². The van der Waals surface area contributed by atoms with Crippen LogP contribution in [0.25, 0.3) is 0 Å². The maximum atomic E-state index is 13.4. The van der Waals surface area contributed by atoms with Crippen LogP contribution in [-0.2, 0) is 10.0 Å². The molecule has 1 aromatic carbocycles. The number of rotatable bonds is 4. The van der Waals surface area contributed by atoms with E-state index < -0.39 is 32.7 Å². The number of nitrogens with one attached hydrogen (secondary N) is 1. The minimum absolute atomic E-state index is 0.215. The van der Waals surface area contributed by atoms with E-state index in [0.717, 1.165) is 6.07 Å². The van der Waals surface area contributed by atoms with Crippen LogP contribution >= 0.6 is 15.9 Å². The van der Waals surface area contributed by atoms with Crippen molar-refractivity contribution in [3.05, 3.63) is 28.2 Å². The summed E-state index contributed by atoms with van der Waals surface area (Å²) in [5.74, 6) is -2.08. The van der Waals surface area contributed by atoms with Crippen LogP contribution in [0.5, 0.6) is 0 Å². The van der Waals surface area contributed by atoms with E-state index in [1.807, 2.05) is 4.72 Å². The molecule has 4 nitrogen and oxygen atoms in total. The van der Waals surface area contributed by atoms with Crippen molar-refractivity contribution in [1.29, 1.82) is 0 Å². The minimum Gasteiger partial charge on any atom is -0.392 e. The second-order valence-electron chi connectivity index (χ2n) is 3.40. The van der Waals surface area contributed by atoms with Gasteiger partial charge in [-0.3, -0.25) is 0 Å². The smallest absolute Gasteiger partial charge is 0.244 e. The summed E-state index contributed by atoms with van der Waals surface area (Å²) in [6.45, 7) is 1.12. The molecule has 0 amide bonds. The van der Waals surface area contributed by atoms with Gasteiger partial charge >= 0.3 is 0 Å². The number of benzene rings is 1. The normalized spacial score (nSPS) is 13.7. The molecule has 0 aromatic heterocycles. The second kappa shape index (κ2) is 5.38. The monoisotopic (exact) mass is 329 g/mol. The van der Waals surface area contributed by atoms with Crippen molar-refractivity contribution in [1.82, 2.24) is 4.72 Å². The molecule has 0 radical (unpaired) electrons. The van der Waals surface area contributed by atoms with E-state index in [0.29, 0.717) is 6.07 Å². The van der Waals surface area contributed by atoms with Crippen molar-refractivity contribution in [3.63, 3.8) is 0 Å². The Morgan fingerprint density at radius 1 is 1.47 bits per heavy atom. The Morgan fingerprint density at radius 3 is 2.53 bits per heavy atom. The van der Waals surface area contributed by atoms with Crippen molar-refractivity contribution in [2.45, 2.75) is 17.9 Å². The fourth-order valence-electron chi connectivity index (χ4n) is 1.09. The molecule has 0 aliphatic rings. The lowest BCUT2D eigenvalue weighted by atomic mass is 10.3. The summed E-state index contributed by atoms with van der Waals surface area (Å²) in [4.78, 5) is -0.681. The fourth-order valence-corrected chi connectivity index (χ4v) is 3.37. The predicted octanol–water partition coefficient (Wildman–Crippen LogP) is 1.39. The molecule has 0 saturated heterocycles. The zero-order chi connectivity index (χ0) is 13.2. The highest BCUT2D eigenvalue weighted by molar-refractivity contribution is 9.10. The molecule has 0 spiro atoms.